The van der Waals surface area contributed by atoms with Crippen molar-refractivity contribution in [1.29, 1.82) is 0 Å². The van der Waals surface area contributed by atoms with E-state index in [-0.39, 0.29) is 64.4 Å². The van der Waals surface area contributed by atoms with Gasteiger partial charge in [0.2, 0.25) is 5.69 Å². The van der Waals surface area contributed by atoms with E-state index in [0.29, 0.717) is 24.0 Å². The van der Waals surface area contributed by atoms with Gasteiger partial charge < -0.3 is 19.9 Å². The fourth-order valence-corrected chi connectivity index (χ4v) is 8.26. The number of amides is 1. The summed E-state index contributed by atoms with van der Waals surface area (Å²) in [6.07, 6.45) is 7.10. The van der Waals surface area contributed by atoms with Gasteiger partial charge in [-0.15, -0.1) is 12.6 Å². The molecule has 0 fully saturated rings. The summed E-state index contributed by atoms with van der Waals surface area (Å²) in [5, 5.41) is 11.7. The van der Waals surface area contributed by atoms with Gasteiger partial charge in [-0.3, -0.25) is 18.9 Å². The highest BCUT2D eigenvalue weighted by molar-refractivity contribution is 7.85. The molecule has 2 aromatic carbocycles. The maximum absolute atomic E-state index is 13.3. The molecule has 0 aliphatic carbocycles. The van der Waals surface area contributed by atoms with Gasteiger partial charge in [0.05, 0.1) is 26.8 Å². The molecule has 0 atom stereocenters. The minimum atomic E-state index is -4.45. The van der Waals surface area contributed by atoms with Gasteiger partial charge in [-0.05, 0) is 62.9 Å². The van der Waals surface area contributed by atoms with Crippen molar-refractivity contribution in [2.24, 2.45) is 0 Å². The van der Waals surface area contributed by atoms with E-state index in [0.717, 1.165) is 33.9 Å². The molecule has 0 radical (unpaired) electrons. The summed E-state index contributed by atoms with van der Waals surface area (Å²) in [6, 6.07) is 10.7. The van der Waals surface area contributed by atoms with Gasteiger partial charge in [0.1, 0.15) is 6.54 Å². The quantitative estimate of drug-likeness (QED) is 0.0794. The molecule has 2 aromatic rings. The lowest BCUT2D eigenvalue weighted by atomic mass is 9.77. The molecule has 320 valence electrons. The number of hydrogen-bond donors (Lipinski definition) is 3. The van der Waals surface area contributed by atoms with E-state index in [1.807, 2.05) is 68.4 Å². The van der Waals surface area contributed by atoms with Crippen LogP contribution < -0.4 is 10.2 Å². The second kappa shape index (κ2) is 20.4. The van der Waals surface area contributed by atoms with E-state index in [2.05, 4.69) is 5.32 Å². The van der Waals surface area contributed by atoms with Crippen LogP contribution in [0, 0.1) is 0 Å². The van der Waals surface area contributed by atoms with E-state index in [1.54, 1.807) is 30.3 Å². The predicted octanol–water partition coefficient (Wildman–Crippen LogP) is 4.72. The third kappa shape index (κ3) is 13.0. The number of carboxylic acids is 1. The first-order valence-corrected chi connectivity index (χ1v) is 22.4. The number of aliphatic carboxylic acids is 1. The van der Waals surface area contributed by atoms with Crippen LogP contribution >= 0.6 is 0 Å². The standard InChI is InChI=1S/C38H49N3O10S2.CH4.O3S/c1-6-12-31(42)27-13-7-14-30-35(27)38(4,5)33(41(30)22-11-24-53(49,50)51)16-8-15-32-37(2,3)28-25-26(36(45)39-20-9-17-34(43)44)18-19-29(28)40(32)21-10-23-52(46,47)48;;1-4(2)3/h7-8,13-16,18-19,25H,6,9-12,17,20-24H2,1-5H3,(H3-,39,43,44,45,46,47,48,49,50,51);1H4;. The molecule has 2 heterocycles. The van der Waals surface area contributed by atoms with Crippen molar-refractivity contribution in [1.82, 2.24) is 5.32 Å². The third-order valence-corrected chi connectivity index (χ3v) is 11.3. The number of ketones is 1. The molecule has 0 spiro atoms. The lowest BCUT2D eigenvalue weighted by Crippen LogP contribution is -2.30. The summed E-state index contributed by atoms with van der Waals surface area (Å²) in [4.78, 5) is 39.1. The zero-order chi connectivity index (χ0) is 42.9. The largest absolute Gasteiger partial charge is 0.748 e. The van der Waals surface area contributed by atoms with Gasteiger partial charge >= 0.3 is 16.6 Å². The van der Waals surface area contributed by atoms with E-state index < -0.39 is 59.1 Å². The number of allylic oxidation sites excluding steroid dienone is 4. The van der Waals surface area contributed by atoms with Crippen molar-refractivity contribution in [3.63, 3.8) is 0 Å². The molecule has 0 bridgehead atoms. The normalized spacial score (nSPS) is 16.0. The topological polar surface area (TPSA) is 252 Å². The average molecular weight is 868 g/mol. The number of hydrogen-bond acceptors (Lipinski definition) is 12. The maximum atomic E-state index is 13.3. The first-order chi connectivity index (χ1) is 26.4. The molecule has 0 saturated heterocycles. The Hall–Kier alpha value is -4.56. The minimum absolute atomic E-state index is 0. The molecule has 16 nitrogen and oxygen atoms in total. The van der Waals surface area contributed by atoms with Crippen LogP contribution in [0.4, 0.5) is 11.4 Å². The van der Waals surface area contributed by atoms with E-state index in [9.17, 15) is 40.3 Å². The van der Waals surface area contributed by atoms with Gasteiger partial charge in [0.15, 0.2) is 11.5 Å². The van der Waals surface area contributed by atoms with Crippen molar-refractivity contribution < 1.29 is 62.6 Å². The Morgan fingerprint density at radius 3 is 2.19 bits per heavy atom. The Bertz CT molecular complexity index is 2310. The number of carboxylic acid groups (broad SMARTS) is 1. The van der Waals surface area contributed by atoms with Crippen molar-refractivity contribution in [3.8, 4) is 0 Å². The molecular formula is C39H53N3O13S3. The highest BCUT2D eigenvalue weighted by Crippen LogP contribution is 2.48. The number of carbonyl (C=O) groups excluding carboxylic acids is 2. The fourth-order valence-electron chi connectivity index (χ4n) is 7.29. The first kappa shape index (κ1) is 49.6. The van der Waals surface area contributed by atoms with Crippen molar-refractivity contribution in [2.45, 2.75) is 91.4 Å². The fraction of sp³-hybridized carbons (Fsp3) is 0.487. The summed E-state index contributed by atoms with van der Waals surface area (Å²) in [7, 11) is -11.8. The number of nitrogens with zero attached hydrogens (tertiary/aromatic N) is 2. The number of anilines is 1. The zero-order valence-electron chi connectivity index (χ0n) is 32.5. The van der Waals surface area contributed by atoms with Crippen molar-refractivity contribution in [2.75, 3.05) is 36.0 Å². The summed E-state index contributed by atoms with van der Waals surface area (Å²) in [6.45, 7) is 10.5. The van der Waals surface area contributed by atoms with Crippen LogP contribution in [0.15, 0.2) is 60.3 Å². The van der Waals surface area contributed by atoms with Crippen LogP contribution in [-0.4, -0.2) is 103 Å². The van der Waals surface area contributed by atoms with Crippen LogP contribution in [-0.2, 0) is 46.5 Å². The molecule has 0 saturated carbocycles. The second-order valence-corrected chi connectivity index (χ2v) is 18.2. The Morgan fingerprint density at radius 1 is 0.948 bits per heavy atom. The molecule has 58 heavy (non-hydrogen) atoms. The number of carbonyl (C=O) groups is 3. The zero-order valence-corrected chi connectivity index (χ0v) is 34.9. The number of Topliss-reactive ketones (excluding diaryl/α,β-unsaturated/α-hetero) is 1. The lowest BCUT2D eigenvalue weighted by Gasteiger charge is -2.27. The van der Waals surface area contributed by atoms with E-state index in [1.165, 1.54) is 0 Å². The second-order valence-electron chi connectivity index (χ2n) is 14.7. The molecule has 2 aliphatic rings. The molecule has 0 aromatic heterocycles. The molecule has 4 rings (SSSR count). The van der Waals surface area contributed by atoms with Crippen LogP contribution in [0.1, 0.15) is 112 Å². The number of fused-ring (bicyclic) bond motifs is 2. The number of benzene rings is 2. The Labute approximate surface area is 342 Å². The smallest absolute Gasteiger partial charge is 0.425 e. The number of rotatable bonds is 18. The predicted molar refractivity (Wildman–Crippen MR) is 218 cm³/mol. The van der Waals surface area contributed by atoms with Gasteiger partial charge in [0, 0.05) is 78.2 Å². The summed E-state index contributed by atoms with van der Waals surface area (Å²) in [5.74, 6) is -2.29. The number of nitrogens with one attached hydrogen (secondary N) is 1. The minimum Gasteiger partial charge on any atom is -0.748 e. The third-order valence-electron chi connectivity index (χ3n) is 9.74. The highest BCUT2D eigenvalue weighted by Gasteiger charge is 2.47. The van der Waals surface area contributed by atoms with Gasteiger partial charge in [0.25, 0.3) is 16.0 Å². The molecule has 0 unspecified atom stereocenters. The molecular weight excluding hydrogens is 815 g/mol. The summed E-state index contributed by atoms with van der Waals surface area (Å²) in [5.41, 5.74) is 4.34. The Balaban J connectivity index is 0.00000221. The van der Waals surface area contributed by atoms with Crippen molar-refractivity contribution >= 4 is 65.6 Å². The van der Waals surface area contributed by atoms with Crippen LogP contribution in [0.2, 0.25) is 0 Å². The summed E-state index contributed by atoms with van der Waals surface area (Å²) < 4.78 is 94.5. The van der Waals surface area contributed by atoms with E-state index in [4.69, 9.17) is 17.7 Å². The monoisotopic (exact) mass is 867 g/mol. The molecule has 3 N–H and O–H groups in total. The van der Waals surface area contributed by atoms with Crippen LogP contribution in [0.3, 0.4) is 0 Å². The molecule has 2 aliphatic heterocycles. The molecule has 19 heteroatoms. The average Bonchev–Trinajstić information content (AvgIpc) is 3.43. The van der Waals surface area contributed by atoms with Crippen LogP contribution in [0.5, 0.6) is 0 Å². The lowest BCUT2D eigenvalue weighted by molar-refractivity contribution is -0.437. The Kier molecular flexibility index (Phi) is 17.5. The highest BCUT2D eigenvalue weighted by atomic mass is 32.2. The molecule has 1 amide bonds. The summed E-state index contributed by atoms with van der Waals surface area (Å²) >= 11 is 0. The van der Waals surface area contributed by atoms with Crippen LogP contribution in [0.25, 0.3) is 0 Å². The van der Waals surface area contributed by atoms with Gasteiger partial charge in [-0.1, -0.05) is 46.4 Å². The Morgan fingerprint density at radius 2 is 1.60 bits per heavy atom. The van der Waals surface area contributed by atoms with Gasteiger partial charge in [-0.2, -0.15) is 13.0 Å². The van der Waals surface area contributed by atoms with Crippen molar-refractivity contribution in [3.05, 3.63) is 82.6 Å². The maximum Gasteiger partial charge on any atom is 0.425 e. The van der Waals surface area contributed by atoms with E-state index >= 15 is 0 Å². The van der Waals surface area contributed by atoms with Gasteiger partial charge in [-0.25, -0.2) is 8.42 Å². The first-order valence-electron chi connectivity index (χ1n) is 18.2. The SMILES string of the molecule is C.CCCC(=O)c1cccc2c1C(C)(C)C(/C=C/C=C1/N(CCCS(=O)(=O)O)c3ccc(C(=O)NCCCC(=O)O)cc3C1(C)C)=[N+]2CCCS(=O)(=O)[O-].O=S(=O)=O.